The van der Waals surface area contributed by atoms with E-state index >= 15 is 0 Å². The number of benzene rings is 1. The molecule has 3 aromatic heterocycles. The zero-order chi connectivity index (χ0) is 24.6. The van der Waals surface area contributed by atoms with Crippen molar-refractivity contribution in [3.8, 4) is 11.3 Å². The standard InChI is InChI=1S/C27H33N5OS2/c1-6-32(7-2)14-13-28-24-23-22(30-26(31-24)34-5)20-18-15-27(3,4)33-16-19(18)21(29-25(20)35-23)17-11-9-8-10-12-17/h8-12H,6-7,13-16H2,1-5H3,(H,28,30,31). The van der Waals surface area contributed by atoms with Crippen LogP contribution in [0.1, 0.15) is 38.8 Å². The molecule has 0 unspecified atom stereocenters. The summed E-state index contributed by atoms with van der Waals surface area (Å²) in [6.07, 6.45) is 2.87. The van der Waals surface area contributed by atoms with E-state index in [1.807, 2.05) is 12.3 Å². The topological polar surface area (TPSA) is 63.2 Å². The Morgan fingerprint density at radius 3 is 2.57 bits per heavy atom. The monoisotopic (exact) mass is 507 g/mol. The van der Waals surface area contributed by atoms with Crippen LogP contribution in [0.15, 0.2) is 35.5 Å². The van der Waals surface area contributed by atoms with Gasteiger partial charge in [0.15, 0.2) is 5.16 Å². The molecule has 8 heteroatoms. The van der Waals surface area contributed by atoms with Crippen molar-refractivity contribution in [2.45, 2.75) is 51.5 Å². The maximum absolute atomic E-state index is 6.27. The Bertz CT molecular complexity index is 1350. The molecule has 4 aromatic rings. The molecular formula is C27H33N5OS2. The third-order valence-electron chi connectivity index (χ3n) is 6.71. The summed E-state index contributed by atoms with van der Waals surface area (Å²) in [7, 11) is 0. The second kappa shape index (κ2) is 10.0. The molecule has 0 fully saturated rings. The van der Waals surface area contributed by atoms with Gasteiger partial charge in [-0.1, -0.05) is 55.9 Å². The summed E-state index contributed by atoms with van der Waals surface area (Å²) in [5.74, 6) is 0.913. The van der Waals surface area contributed by atoms with Crippen molar-refractivity contribution in [2.75, 3.05) is 37.8 Å². The van der Waals surface area contributed by atoms with Crippen LogP contribution in [0.3, 0.4) is 0 Å². The third kappa shape index (κ3) is 4.77. The van der Waals surface area contributed by atoms with E-state index in [-0.39, 0.29) is 5.60 Å². The Balaban J connectivity index is 1.70. The van der Waals surface area contributed by atoms with Crippen molar-refractivity contribution < 1.29 is 4.74 Å². The van der Waals surface area contributed by atoms with Crippen LogP contribution in [0, 0.1) is 0 Å². The molecule has 0 atom stereocenters. The summed E-state index contributed by atoms with van der Waals surface area (Å²) in [6, 6.07) is 10.4. The first-order valence-electron chi connectivity index (χ1n) is 12.3. The van der Waals surface area contributed by atoms with Crippen LogP contribution in [-0.4, -0.2) is 57.9 Å². The minimum absolute atomic E-state index is 0.232. The Labute approximate surface area is 215 Å². The molecule has 1 aromatic carbocycles. The number of nitrogens with one attached hydrogen (secondary N) is 1. The zero-order valence-electron chi connectivity index (χ0n) is 21.1. The number of rotatable bonds is 8. The van der Waals surface area contributed by atoms with E-state index in [4.69, 9.17) is 19.7 Å². The van der Waals surface area contributed by atoms with Gasteiger partial charge in [0.1, 0.15) is 10.6 Å². The number of thioether (sulfide) groups is 1. The number of fused-ring (bicyclic) bond motifs is 5. The van der Waals surface area contributed by atoms with E-state index in [0.717, 1.165) is 69.9 Å². The Hall–Kier alpha value is -2.26. The van der Waals surface area contributed by atoms with Crippen LogP contribution in [0.2, 0.25) is 0 Å². The molecule has 184 valence electrons. The van der Waals surface area contributed by atoms with Gasteiger partial charge in [-0.05, 0) is 38.8 Å². The predicted molar refractivity (Wildman–Crippen MR) is 149 cm³/mol. The highest BCUT2D eigenvalue weighted by atomic mass is 32.2. The number of pyridine rings is 1. The second-order valence-electron chi connectivity index (χ2n) is 9.48. The molecule has 6 nitrogen and oxygen atoms in total. The number of ether oxygens (including phenoxy) is 1. The molecule has 0 aliphatic carbocycles. The fourth-order valence-electron chi connectivity index (χ4n) is 4.77. The van der Waals surface area contributed by atoms with Gasteiger partial charge in [-0.3, -0.25) is 0 Å². The maximum atomic E-state index is 6.27. The number of hydrogen-bond donors (Lipinski definition) is 1. The van der Waals surface area contributed by atoms with Gasteiger partial charge < -0.3 is 15.0 Å². The van der Waals surface area contributed by atoms with Gasteiger partial charge in [0, 0.05) is 36.0 Å². The molecule has 35 heavy (non-hydrogen) atoms. The maximum Gasteiger partial charge on any atom is 0.189 e. The summed E-state index contributed by atoms with van der Waals surface area (Å²) in [5.41, 5.74) is 5.42. The van der Waals surface area contributed by atoms with Crippen molar-refractivity contribution in [3.05, 3.63) is 41.5 Å². The van der Waals surface area contributed by atoms with Crippen LogP contribution < -0.4 is 5.32 Å². The van der Waals surface area contributed by atoms with Gasteiger partial charge >= 0.3 is 0 Å². The molecule has 1 aliphatic heterocycles. The number of anilines is 1. The fourth-order valence-corrected chi connectivity index (χ4v) is 6.25. The average molecular weight is 508 g/mol. The Morgan fingerprint density at radius 2 is 1.86 bits per heavy atom. The summed E-state index contributed by atoms with van der Waals surface area (Å²) in [4.78, 5) is 18.5. The van der Waals surface area contributed by atoms with Gasteiger partial charge in [0.05, 0.1) is 28.1 Å². The minimum atomic E-state index is -0.232. The van der Waals surface area contributed by atoms with E-state index in [2.05, 4.69) is 62.2 Å². The van der Waals surface area contributed by atoms with E-state index in [1.54, 1.807) is 23.1 Å². The Kier molecular flexibility index (Phi) is 6.99. The molecule has 1 N–H and O–H groups in total. The molecule has 0 saturated heterocycles. The van der Waals surface area contributed by atoms with E-state index in [9.17, 15) is 0 Å². The lowest BCUT2D eigenvalue weighted by Crippen LogP contribution is -2.32. The highest BCUT2D eigenvalue weighted by Gasteiger charge is 2.32. The first-order valence-corrected chi connectivity index (χ1v) is 14.3. The number of nitrogens with zero attached hydrogens (tertiary/aromatic N) is 4. The lowest BCUT2D eigenvalue weighted by Gasteiger charge is -2.33. The van der Waals surface area contributed by atoms with Crippen LogP contribution in [-0.2, 0) is 17.8 Å². The number of aromatic nitrogens is 3. The lowest BCUT2D eigenvalue weighted by molar-refractivity contribution is -0.0394. The number of likely N-dealkylation sites (N-methyl/N-ethyl adjacent to an activating group) is 1. The van der Waals surface area contributed by atoms with Gasteiger partial charge in [0.2, 0.25) is 0 Å². The highest BCUT2D eigenvalue weighted by Crippen LogP contribution is 2.44. The van der Waals surface area contributed by atoms with Gasteiger partial charge in [-0.15, -0.1) is 11.3 Å². The summed E-state index contributed by atoms with van der Waals surface area (Å²) in [5, 5.41) is 5.57. The van der Waals surface area contributed by atoms with Crippen LogP contribution in [0.25, 0.3) is 31.7 Å². The molecular weight excluding hydrogens is 474 g/mol. The smallest absolute Gasteiger partial charge is 0.189 e. The van der Waals surface area contributed by atoms with Crippen molar-refractivity contribution in [2.24, 2.45) is 0 Å². The average Bonchev–Trinajstić information content (AvgIpc) is 3.24. The summed E-state index contributed by atoms with van der Waals surface area (Å²) in [6.45, 7) is 13.2. The van der Waals surface area contributed by atoms with Crippen LogP contribution in [0.5, 0.6) is 0 Å². The van der Waals surface area contributed by atoms with Crippen LogP contribution in [0.4, 0.5) is 5.82 Å². The minimum Gasteiger partial charge on any atom is -0.370 e. The number of thiophene rings is 1. The zero-order valence-corrected chi connectivity index (χ0v) is 22.8. The van der Waals surface area contributed by atoms with E-state index < -0.39 is 0 Å². The van der Waals surface area contributed by atoms with E-state index in [1.165, 1.54) is 16.5 Å². The SMILES string of the molecule is CCN(CC)CCNc1nc(SC)nc2c1sc1nc(-c3ccccc3)c3c(c12)CC(C)(C)OC3. The summed E-state index contributed by atoms with van der Waals surface area (Å²) >= 11 is 3.28. The summed E-state index contributed by atoms with van der Waals surface area (Å²) < 4.78 is 7.35. The predicted octanol–water partition coefficient (Wildman–Crippen LogP) is 6.23. The molecule has 4 heterocycles. The van der Waals surface area contributed by atoms with Crippen molar-refractivity contribution >= 4 is 49.3 Å². The van der Waals surface area contributed by atoms with Crippen molar-refractivity contribution in [1.82, 2.24) is 19.9 Å². The molecule has 0 bridgehead atoms. The van der Waals surface area contributed by atoms with Crippen LogP contribution >= 0.6 is 23.1 Å². The molecule has 0 amide bonds. The third-order valence-corrected chi connectivity index (χ3v) is 8.34. The molecule has 0 spiro atoms. The largest absolute Gasteiger partial charge is 0.370 e. The highest BCUT2D eigenvalue weighted by molar-refractivity contribution is 7.98. The van der Waals surface area contributed by atoms with E-state index in [0.29, 0.717) is 6.61 Å². The molecule has 5 rings (SSSR count). The Morgan fingerprint density at radius 1 is 1.09 bits per heavy atom. The van der Waals surface area contributed by atoms with Crippen molar-refractivity contribution in [1.29, 1.82) is 0 Å². The van der Waals surface area contributed by atoms with Gasteiger partial charge in [-0.25, -0.2) is 15.0 Å². The quantitative estimate of drug-likeness (QED) is 0.224. The van der Waals surface area contributed by atoms with Gasteiger partial charge in [0.25, 0.3) is 0 Å². The second-order valence-corrected chi connectivity index (χ2v) is 11.3. The normalized spacial score (nSPS) is 15.1. The molecule has 0 radical (unpaired) electrons. The molecule has 0 saturated carbocycles. The first kappa shape index (κ1) is 24.4. The first-order chi connectivity index (χ1) is 16.9. The van der Waals surface area contributed by atoms with Gasteiger partial charge in [-0.2, -0.15) is 0 Å². The molecule has 1 aliphatic rings. The fraction of sp³-hybridized carbons (Fsp3) is 0.444. The van der Waals surface area contributed by atoms with Crippen molar-refractivity contribution in [3.63, 3.8) is 0 Å². The number of hydrogen-bond acceptors (Lipinski definition) is 8. The lowest BCUT2D eigenvalue weighted by atomic mass is 9.88.